The number of hydrogen-bond donors (Lipinski definition) is 1. The average molecular weight is 179 g/mol. The number of methoxy groups -OCH3 is 1. The fourth-order valence-electron chi connectivity index (χ4n) is 1.39. The van der Waals surface area contributed by atoms with Crippen LogP contribution in [0.15, 0.2) is 18.2 Å². The number of anilines is 1. The van der Waals surface area contributed by atoms with Gasteiger partial charge in [0.2, 0.25) is 0 Å². The molecule has 0 aromatic heterocycles. The van der Waals surface area contributed by atoms with Gasteiger partial charge < -0.3 is 10.5 Å². The van der Waals surface area contributed by atoms with Crippen molar-refractivity contribution in [1.82, 2.24) is 0 Å². The largest absolute Gasteiger partial charge is 0.495 e. The first-order chi connectivity index (χ1) is 6.20. The van der Waals surface area contributed by atoms with Gasteiger partial charge in [0.25, 0.3) is 0 Å². The summed E-state index contributed by atoms with van der Waals surface area (Å²) in [5.41, 5.74) is 7.90. The Kier molecular flexibility index (Phi) is 3.18. The Morgan fingerprint density at radius 3 is 2.69 bits per heavy atom. The third kappa shape index (κ3) is 1.94. The second kappa shape index (κ2) is 4.17. The topological polar surface area (TPSA) is 35.2 Å². The first-order valence-corrected chi connectivity index (χ1v) is 4.63. The molecule has 1 unspecified atom stereocenters. The number of hydrogen-bond acceptors (Lipinski definition) is 2. The van der Waals surface area contributed by atoms with Crippen LogP contribution in [0.25, 0.3) is 0 Å². The monoisotopic (exact) mass is 179 g/mol. The van der Waals surface area contributed by atoms with E-state index in [2.05, 4.69) is 19.9 Å². The van der Waals surface area contributed by atoms with Gasteiger partial charge in [0.1, 0.15) is 5.75 Å². The molecule has 1 rings (SSSR count). The molecule has 0 bridgehead atoms. The molecule has 2 N–H and O–H groups in total. The maximum atomic E-state index is 5.95. The lowest BCUT2D eigenvalue weighted by Crippen LogP contribution is -2.00. The Balaban J connectivity index is 3.08. The number of ether oxygens (including phenoxy) is 1. The lowest BCUT2D eigenvalue weighted by molar-refractivity contribution is 0.416. The van der Waals surface area contributed by atoms with Gasteiger partial charge in [0, 0.05) is 0 Å². The summed E-state index contributed by atoms with van der Waals surface area (Å²) in [5.74, 6) is 1.27. The van der Waals surface area contributed by atoms with Crippen molar-refractivity contribution in [1.29, 1.82) is 0 Å². The second-order valence-corrected chi connectivity index (χ2v) is 3.27. The molecule has 0 saturated carbocycles. The summed E-state index contributed by atoms with van der Waals surface area (Å²) in [5, 5.41) is 0. The Labute approximate surface area is 79.7 Å². The van der Waals surface area contributed by atoms with E-state index in [9.17, 15) is 0 Å². The molecule has 13 heavy (non-hydrogen) atoms. The van der Waals surface area contributed by atoms with Gasteiger partial charge in [-0.05, 0) is 24.0 Å². The lowest BCUT2D eigenvalue weighted by atomic mass is 9.97. The average Bonchev–Trinajstić information content (AvgIpc) is 2.17. The van der Waals surface area contributed by atoms with Gasteiger partial charge in [0.05, 0.1) is 12.8 Å². The summed E-state index contributed by atoms with van der Waals surface area (Å²) in [6.45, 7) is 4.33. The third-order valence-electron chi connectivity index (χ3n) is 2.46. The van der Waals surface area contributed by atoms with Crippen LogP contribution in [0.4, 0.5) is 5.69 Å². The van der Waals surface area contributed by atoms with E-state index < -0.39 is 0 Å². The normalized spacial score (nSPS) is 12.5. The SMILES string of the molecule is CCC(C)c1cccc(OC)c1N. The van der Waals surface area contributed by atoms with Crippen LogP contribution in [-0.2, 0) is 0 Å². The fourth-order valence-corrected chi connectivity index (χ4v) is 1.39. The molecule has 0 amide bonds. The van der Waals surface area contributed by atoms with Crippen LogP contribution >= 0.6 is 0 Å². The molecule has 2 nitrogen and oxygen atoms in total. The molecule has 0 aliphatic rings. The van der Waals surface area contributed by atoms with E-state index in [1.165, 1.54) is 5.56 Å². The third-order valence-corrected chi connectivity index (χ3v) is 2.46. The lowest BCUT2D eigenvalue weighted by Gasteiger charge is -2.14. The number of para-hydroxylation sites is 1. The van der Waals surface area contributed by atoms with Crippen LogP contribution in [0.1, 0.15) is 31.7 Å². The molecule has 0 heterocycles. The quantitative estimate of drug-likeness (QED) is 0.724. The highest BCUT2D eigenvalue weighted by atomic mass is 16.5. The van der Waals surface area contributed by atoms with Gasteiger partial charge in [0.15, 0.2) is 0 Å². The van der Waals surface area contributed by atoms with Crippen LogP contribution in [0, 0.1) is 0 Å². The maximum Gasteiger partial charge on any atom is 0.142 e. The highest BCUT2D eigenvalue weighted by Gasteiger charge is 2.09. The van der Waals surface area contributed by atoms with Gasteiger partial charge >= 0.3 is 0 Å². The van der Waals surface area contributed by atoms with Crippen molar-refractivity contribution in [3.63, 3.8) is 0 Å². The zero-order valence-corrected chi connectivity index (χ0v) is 8.50. The van der Waals surface area contributed by atoms with Crippen molar-refractivity contribution in [2.45, 2.75) is 26.2 Å². The summed E-state index contributed by atoms with van der Waals surface area (Å²) < 4.78 is 5.16. The van der Waals surface area contributed by atoms with Crippen LogP contribution in [0.3, 0.4) is 0 Å². The van der Waals surface area contributed by atoms with Crippen molar-refractivity contribution >= 4 is 5.69 Å². The standard InChI is InChI=1S/C11H17NO/c1-4-8(2)9-6-5-7-10(13-3)11(9)12/h5-8H,4,12H2,1-3H3. The van der Waals surface area contributed by atoms with Crippen LogP contribution in [-0.4, -0.2) is 7.11 Å². The zero-order valence-electron chi connectivity index (χ0n) is 8.50. The predicted molar refractivity (Wildman–Crippen MR) is 56.1 cm³/mol. The van der Waals surface area contributed by atoms with E-state index in [1.54, 1.807) is 7.11 Å². The first kappa shape index (κ1) is 9.90. The molecule has 1 aromatic rings. The van der Waals surface area contributed by atoms with Crippen LogP contribution in [0.5, 0.6) is 5.75 Å². The van der Waals surface area contributed by atoms with Crippen molar-refractivity contribution < 1.29 is 4.74 Å². The first-order valence-electron chi connectivity index (χ1n) is 4.63. The number of rotatable bonds is 3. The second-order valence-electron chi connectivity index (χ2n) is 3.27. The Morgan fingerprint density at radius 2 is 2.15 bits per heavy atom. The minimum atomic E-state index is 0.495. The number of benzene rings is 1. The minimum Gasteiger partial charge on any atom is -0.495 e. The molecule has 0 saturated heterocycles. The number of nitrogens with two attached hydrogens (primary N) is 1. The molecule has 1 atom stereocenters. The van der Waals surface area contributed by atoms with E-state index in [4.69, 9.17) is 10.5 Å². The van der Waals surface area contributed by atoms with E-state index in [0.29, 0.717) is 5.92 Å². The Bertz CT molecular complexity index is 283. The molecule has 0 radical (unpaired) electrons. The van der Waals surface area contributed by atoms with E-state index in [1.807, 2.05) is 12.1 Å². The molecule has 1 aromatic carbocycles. The number of nitrogen functional groups attached to an aromatic ring is 1. The van der Waals surface area contributed by atoms with Crippen molar-refractivity contribution in [3.05, 3.63) is 23.8 Å². The predicted octanol–water partition coefficient (Wildman–Crippen LogP) is 2.79. The van der Waals surface area contributed by atoms with Crippen LogP contribution in [0.2, 0.25) is 0 Å². The summed E-state index contributed by atoms with van der Waals surface area (Å²) in [6, 6.07) is 5.93. The van der Waals surface area contributed by atoms with Crippen LogP contribution < -0.4 is 10.5 Å². The van der Waals surface area contributed by atoms with E-state index in [0.717, 1.165) is 17.9 Å². The van der Waals surface area contributed by atoms with Gasteiger partial charge in [-0.2, -0.15) is 0 Å². The maximum absolute atomic E-state index is 5.95. The Hall–Kier alpha value is -1.18. The van der Waals surface area contributed by atoms with Crippen molar-refractivity contribution in [2.24, 2.45) is 0 Å². The smallest absolute Gasteiger partial charge is 0.142 e. The molecule has 0 aliphatic carbocycles. The summed E-state index contributed by atoms with van der Waals surface area (Å²) >= 11 is 0. The summed E-state index contributed by atoms with van der Waals surface area (Å²) in [6.07, 6.45) is 1.09. The minimum absolute atomic E-state index is 0.495. The molecule has 72 valence electrons. The van der Waals surface area contributed by atoms with Gasteiger partial charge in [-0.25, -0.2) is 0 Å². The Morgan fingerprint density at radius 1 is 1.46 bits per heavy atom. The van der Waals surface area contributed by atoms with Gasteiger partial charge in [-0.3, -0.25) is 0 Å². The fraction of sp³-hybridized carbons (Fsp3) is 0.455. The highest BCUT2D eigenvalue weighted by molar-refractivity contribution is 5.59. The summed E-state index contributed by atoms with van der Waals surface area (Å²) in [4.78, 5) is 0. The molecular formula is C11H17NO. The van der Waals surface area contributed by atoms with Crippen molar-refractivity contribution in [3.8, 4) is 5.75 Å². The molecule has 0 fully saturated rings. The zero-order chi connectivity index (χ0) is 9.84. The van der Waals surface area contributed by atoms with E-state index >= 15 is 0 Å². The molecule has 0 aliphatic heterocycles. The van der Waals surface area contributed by atoms with Gasteiger partial charge in [-0.15, -0.1) is 0 Å². The van der Waals surface area contributed by atoms with Crippen molar-refractivity contribution in [2.75, 3.05) is 12.8 Å². The summed E-state index contributed by atoms with van der Waals surface area (Å²) in [7, 11) is 1.64. The highest BCUT2D eigenvalue weighted by Crippen LogP contribution is 2.31. The molecule has 0 spiro atoms. The van der Waals surface area contributed by atoms with E-state index in [-0.39, 0.29) is 0 Å². The molecular weight excluding hydrogens is 162 g/mol. The van der Waals surface area contributed by atoms with Gasteiger partial charge in [-0.1, -0.05) is 26.0 Å². The molecule has 2 heteroatoms.